The van der Waals surface area contributed by atoms with Gasteiger partial charge in [0.05, 0.1) is 0 Å². The zero-order valence-corrected chi connectivity index (χ0v) is 16.6. The first-order valence-electron chi connectivity index (χ1n) is 8.51. The highest BCUT2D eigenvalue weighted by atomic mass is 79.9. The van der Waals surface area contributed by atoms with E-state index >= 15 is 0 Å². The quantitative estimate of drug-likeness (QED) is 0.587. The fourth-order valence-electron chi connectivity index (χ4n) is 2.85. The van der Waals surface area contributed by atoms with Crippen molar-refractivity contribution in [2.24, 2.45) is 0 Å². The third-order valence-corrected chi connectivity index (χ3v) is 4.70. The second-order valence-corrected chi connectivity index (χ2v) is 6.92. The van der Waals surface area contributed by atoms with Gasteiger partial charge in [0, 0.05) is 41.9 Å². The Bertz CT molecular complexity index is 845. The maximum atomic E-state index is 12.5. The molecule has 0 spiro atoms. The molecule has 3 N–H and O–H groups in total. The van der Waals surface area contributed by atoms with Crippen LogP contribution in [0.3, 0.4) is 0 Å². The standard InChI is InChI=1S/C19H20BrNO7/c1-25-16(6-7-22)18(13-8-11(20)2-4-14(13)23)28-19(24)21-12-3-5-15-17(9-12)27-10-26-15/h2-5,8-9,16,18,22-23H,6-7,10H2,1H3,(H,21,24)/t16-,18-/m0/s1. The summed E-state index contributed by atoms with van der Waals surface area (Å²) in [7, 11) is 1.45. The molecule has 0 aliphatic carbocycles. The van der Waals surface area contributed by atoms with E-state index in [-0.39, 0.29) is 25.6 Å². The molecule has 0 aromatic heterocycles. The number of anilines is 1. The highest BCUT2D eigenvalue weighted by Crippen LogP contribution is 2.36. The van der Waals surface area contributed by atoms with Gasteiger partial charge in [-0.05, 0) is 30.3 Å². The summed E-state index contributed by atoms with van der Waals surface area (Å²) in [6.45, 7) is -0.0406. The van der Waals surface area contributed by atoms with E-state index in [0.717, 1.165) is 0 Å². The molecule has 0 saturated carbocycles. The minimum absolute atomic E-state index is 0.0518. The number of hydrogen-bond donors (Lipinski definition) is 3. The Morgan fingerprint density at radius 1 is 1.25 bits per heavy atom. The number of halogens is 1. The van der Waals surface area contributed by atoms with Crippen LogP contribution in [0.25, 0.3) is 0 Å². The zero-order valence-electron chi connectivity index (χ0n) is 15.1. The molecular formula is C19H20BrNO7. The average molecular weight is 454 g/mol. The van der Waals surface area contributed by atoms with Crippen LogP contribution in [0.15, 0.2) is 40.9 Å². The molecule has 2 aromatic carbocycles. The number of nitrogens with one attached hydrogen (secondary N) is 1. The Hall–Kier alpha value is -2.49. The number of carbonyl (C=O) groups is 1. The van der Waals surface area contributed by atoms with Gasteiger partial charge in [-0.1, -0.05) is 15.9 Å². The summed E-state index contributed by atoms with van der Waals surface area (Å²) >= 11 is 3.34. The van der Waals surface area contributed by atoms with Crippen LogP contribution in [-0.4, -0.2) is 42.9 Å². The number of rotatable bonds is 7. The minimum atomic E-state index is -0.941. The van der Waals surface area contributed by atoms with E-state index in [1.54, 1.807) is 30.3 Å². The molecule has 8 nitrogen and oxygen atoms in total. The maximum Gasteiger partial charge on any atom is 0.412 e. The largest absolute Gasteiger partial charge is 0.508 e. The molecular weight excluding hydrogens is 434 g/mol. The van der Waals surface area contributed by atoms with Crippen LogP contribution in [0.1, 0.15) is 18.1 Å². The SMILES string of the molecule is CO[C@@H](CCO)[C@@H](OC(=O)Nc1ccc2c(c1)OCO2)c1cc(Br)ccc1O. The lowest BCUT2D eigenvalue weighted by molar-refractivity contribution is -0.0314. The number of aliphatic hydroxyl groups is 1. The number of ether oxygens (including phenoxy) is 4. The first-order valence-corrected chi connectivity index (χ1v) is 9.30. The highest BCUT2D eigenvalue weighted by molar-refractivity contribution is 9.10. The molecule has 2 atom stereocenters. The summed E-state index contributed by atoms with van der Waals surface area (Å²) in [6, 6.07) is 9.74. The van der Waals surface area contributed by atoms with Crippen LogP contribution in [0.4, 0.5) is 10.5 Å². The molecule has 9 heteroatoms. The first-order chi connectivity index (χ1) is 13.5. The molecule has 2 aromatic rings. The lowest BCUT2D eigenvalue weighted by atomic mass is 10.0. The highest BCUT2D eigenvalue weighted by Gasteiger charge is 2.29. The number of aromatic hydroxyl groups is 1. The molecule has 0 fully saturated rings. The number of hydrogen-bond acceptors (Lipinski definition) is 7. The van der Waals surface area contributed by atoms with Crippen molar-refractivity contribution in [3.8, 4) is 17.2 Å². The number of phenolic OH excluding ortho intramolecular Hbond substituents is 1. The van der Waals surface area contributed by atoms with Crippen molar-refractivity contribution in [1.82, 2.24) is 0 Å². The lowest BCUT2D eigenvalue weighted by Crippen LogP contribution is -2.29. The van der Waals surface area contributed by atoms with E-state index < -0.39 is 18.3 Å². The van der Waals surface area contributed by atoms with E-state index in [9.17, 15) is 15.0 Å². The molecule has 1 aliphatic heterocycles. The van der Waals surface area contributed by atoms with Crippen LogP contribution in [0.5, 0.6) is 17.2 Å². The molecule has 0 bridgehead atoms. The minimum Gasteiger partial charge on any atom is -0.508 e. The van der Waals surface area contributed by atoms with Gasteiger partial charge in [0.15, 0.2) is 17.6 Å². The summed E-state index contributed by atoms with van der Waals surface area (Å²) in [4.78, 5) is 12.5. The van der Waals surface area contributed by atoms with Gasteiger partial charge in [0.25, 0.3) is 0 Å². The second kappa shape index (κ2) is 9.13. The number of benzene rings is 2. The van der Waals surface area contributed by atoms with Crippen molar-refractivity contribution in [2.75, 3.05) is 25.8 Å². The second-order valence-electron chi connectivity index (χ2n) is 6.01. The summed E-state index contributed by atoms with van der Waals surface area (Å²) in [6.07, 6.45) is -2.13. The maximum absolute atomic E-state index is 12.5. The number of fused-ring (bicyclic) bond motifs is 1. The van der Waals surface area contributed by atoms with Crippen molar-refractivity contribution in [2.45, 2.75) is 18.6 Å². The van der Waals surface area contributed by atoms with Crippen molar-refractivity contribution in [3.05, 3.63) is 46.4 Å². The third-order valence-electron chi connectivity index (χ3n) is 4.20. The molecule has 1 aliphatic rings. The summed E-state index contributed by atoms with van der Waals surface area (Å²) in [5, 5.41) is 22.2. The van der Waals surface area contributed by atoms with Crippen LogP contribution < -0.4 is 14.8 Å². The predicted octanol–water partition coefficient (Wildman–Crippen LogP) is 3.57. The molecule has 0 radical (unpaired) electrons. The van der Waals surface area contributed by atoms with Gasteiger partial charge < -0.3 is 29.2 Å². The predicted molar refractivity (Wildman–Crippen MR) is 104 cm³/mol. The Labute approximate surface area is 170 Å². The Kier molecular flexibility index (Phi) is 6.61. The van der Waals surface area contributed by atoms with Gasteiger partial charge >= 0.3 is 6.09 Å². The first kappa shape index (κ1) is 20.2. The van der Waals surface area contributed by atoms with Crippen LogP contribution in [0.2, 0.25) is 0 Å². The van der Waals surface area contributed by atoms with E-state index in [4.69, 9.17) is 18.9 Å². The molecule has 1 amide bonds. The average Bonchev–Trinajstić information content (AvgIpc) is 3.14. The van der Waals surface area contributed by atoms with Crippen molar-refractivity contribution in [3.63, 3.8) is 0 Å². The smallest absolute Gasteiger partial charge is 0.412 e. The third kappa shape index (κ3) is 4.67. The summed E-state index contributed by atoms with van der Waals surface area (Å²) in [5.74, 6) is 1.07. The number of aliphatic hydroxyl groups excluding tert-OH is 1. The Morgan fingerprint density at radius 3 is 2.79 bits per heavy atom. The van der Waals surface area contributed by atoms with Crippen molar-refractivity contribution in [1.29, 1.82) is 0 Å². The van der Waals surface area contributed by atoms with E-state index in [0.29, 0.717) is 27.2 Å². The van der Waals surface area contributed by atoms with Gasteiger partial charge in [-0.2, -0.15) is 0 Å². The number of phenols is 1. The monoisotopic (exact) mass is 453 g/mol. The van der Waals surface area contributed by atoms with E-state index in [1.165, 1.54) is 13.2 Å². The topological polar surface area (TPSA) is 106 Å². The molecule has 0 saturated heterocycles. The number of methoxy groups -OCH3 is 1. The fraction of sp³-hybridized carbons (Fsp3) is 0.316. The number of amides is 1. The summed E-state index contributed by atoms with van der Waals surface area (Å²) in [5.41, 5.74) is 0.818. The molecule has 0 unspecified atom stereocenters. The van der Waals surface area contributed by atoms with Gasteiger partial charge in [-0.3, -0.25) is 5.32 Å². The van der Waals surface area contributed by atoms with E-state index in [1.807, 2.05) is 0 Å². The molecule has 1 heterocycles. The molecule has 150 valence electrons. The lowest BCUT2D eigenvalue weighted by Gasteiger charge is -2.26. The molecule has 3 rings (SSSR count). The van der Waals surface area contributed by atoms with Gasteiger partial charge in [-0.15, -0.1) is 0 Å². The van der Waals surface area contributed by atoms with Gasteiger partial charge in [0.1, 0.15) is 11.9 Å². The van der Waals surface area contributed by atoms with Gasteiger partial charge in [0.2, 0.25) is 6.79 Å². The zero-order chi connectivity index (χ0) is 20.1. The number of carbonyl (C=O) groups excluding carboxylic acids is 1. The van der Waals surface area contributed by atoms with E-state index in [2.05, 4.69) is 21.2 Å². The fourth-order valence-corrected chi connectivity index (χ4v) is 3.23. The Balaban J connectivity index is 1.80. The van der Waals surface area contributed by atoms with Crippen LogP contribution >= 0.6 is 15.9 Å². The Morgan fingerprint density at radius 2 is 2.04 bits per heavy atom. The van der Waals surface area contributed by atoms with Crippen molar-refractivity contribution >= 4 is 27.7 Å². The van der Waals surface area contributed by atoms with Crippen LogP contribution in [-0.2, 0) is 9.47 Å². The normalized spacial score (nSPS) is 14.4. The summed E-state index contributed by atoms with van der Waals surface area (Å²) < 4.78 is 22.2. The van der Waals surface area contributed by atoms with Gasteiger partial charge in [-0.25, -0.2) is 4.79 Å². The molecule has 28 heavy (non-hydrogen) atoms. The van der Waals surface area contributed by atoms with Crippen molar-refractivity contribution < 1.29 is 34.0 Å². The van der Waals surface area contributed by atoms with Crippen LogP contribution in [0, 0.1) is 0 Å².